The number of nitrogens with two attached hydrogens (primary N) is 1. The summed E-state index contributed by atoms with van der Waals surface area (Å²) in [7, 11) is 1.74. The van der Waals surface area contributed by atoms with Gasteiger partial charge in [-0.05, 0) is 26.7 Å². The first-order valence-electron chi connectivity index (χ1n) is 8.89. The summed E-state index contributed by atoms with van der Waals surface area (Å²) in [6.07, 6.45) is 6.99. The minimum absolute atomic E-state index is 0.0535. The van der Waals surface area contributed by atoms with Crippen molar-refractivity contribution in [1.29, 1.82) is 0 Å². The molecule has 0 spiro atoms. The number of fused-ring (bicyclic) bond motifs is 2. The quantitative estimate of drug-likeness (QED) is 0.930. The molecule has 4 heteroatoms. The molecule has 126 valence electrons. The van der Waals surface area contributed by atoms with E-state index in [1.54, 1.807) is 7.11 Å². The molecule has 2 atom stereocenters. The number of hydrogen-bond acceptors (Lipinski definition) is 4. The average Bonchev–Trinajstić information content (AvgIpc) is 3.22. The van der Waals surface area contributed by atoms with E-state index in [1.807, 2.05) is 0 Å². The fourth-order valence-corrected chi connectivity index (χ4v) is 4.86. The summed E-state index contributed by atoms with van der Waals surface area (Å²) in [5.41, 5.74) is 10.2. The summed E-state index contributed by atoms with van der Waals surface area (Å²) in [6.45, 7) is 4.94. The highest BCUT2D eigenvalue weighted by atomic mass is 16.5. The zero-order valence-corrected chi connectivity index (χ0v) is 14.4. The van der Waals surface area contributed by atoms with Crippen molar-refractivity contribution in [3.05, 3.63) is 16.7 Å². The predicted octanol–water partition coefficient (Wildman–Crippen LogP) is 3.11. The van der Waals surface area contributed by atoms with Gasteiger partial charge < -0.3 is 19.9 Å². The third kappa shape index (κ3) is 2.07. The Morgan fingerprint density at radius 3 is 2.26 bits per heavy atom. The van der Waals surface area contributed by atoms with Gasteiger partial charge in [-0.2, -0.15) is 0 Å². The molecular formula is C19H27NO3. The normalized spacial score (nSPS) is 27.3. The van der Waals surface area contributed by atoms with E-state index >= 15 is 0 Å². The molecule has 1 saturated carbocycles. The lowest BCUT2D eigenvalue weighted by atomic mass is 9.74. The number of hydrogen-bond donors (Lipinski definition) is 1. The molecule has 0 radical (unpaired) electrons. The van der Waals surface area contributed by atoms with Crippen LogP contribution in [0.1, 0.15) is 56.2 Å². The molecule has 1 aromatic carbocycles. The van der Waals surface area contributed by atoms with Gasteiger partial charge in [0.1, 0.15) is 18.0 Å². The highest BCUT2D eigenvalue weighted by molar-refractivity contribution is 5.68. The van der Waals surface area contributed by atoms with Crippen molar-refractivity contribution < 1.29 is 14.2 Å². The van der Waals surface area contributed by atoms with Gasteiger partial charge in [-0.15, -0.1) is 0 Å². The van der Waals surface area contributed by atoms with Gasteiger partial charge in [-0.3, -0.25) is 0 Å². The lowest BCUT2D eigenvalue weighted by molar-refractivity contribution is 0.242. The predicted molar refractivity (Wildman–Crippen MR) is 89.8 cm³/mol. The lowest BCUT2D eigenvalue weighted by Crippen LogP contribution is -2.33. The minimum Gasteiger partial charge on any atom is -0.492 e. The number of benzene rings is 1. The van der Waals surface area contributed by atoms with Crippen LogP contribution in [0.15, 0.2) is 0 Å². The van der Waals surface area contributed by atoms with E-state index in [0.29, 0.717) is 6.54 Å². The maximum absolute atomic E-state index is 6.30. The fraction of sp³-hybridized carbons (Fsp3) is 0.684. The zero-order chi connectivity index (χ0) is 16.2. The van der Waals surface area contributed by atoms with Crippen molar-refractivity contribution in [2.45, 2.75) is 70.0 Å². The Morgan fingerprint density at radius 1 is 1.04 bits per heavy atom. The molecule has 1 aromatic rings. The molecule has 2 aliphatic heterocycles. The molecule has 1 fully saturated rings. The van der Waals surface area contributed by atoms with Gasteiger partial charge >= 0.3 is 0 Å². The van der Waals surface area contributed by atoms with Crippen LogP contribution < -0.4 is 19.9 Å². The molecular weight excluding hydrogens is 290 g/mol. The van der Waals surface area contributed by atoms with Crippen molar-refractivity contribution in [2.24, 2.45) is 5.73 Å². The average molecular weight is 317 g/mol. The summed E-state index contributed by atoms with van der Waals surface area (Å²) < 4.78 is 18.2. The van der Waals surface area contributed by atoms with Crippen molar-refractivity contribution in [2.75, 3.05) is 13.7 Å². The van der Waals surface area contributed by atoms with E-state index in [9.17, 15) is 0 Å². The van der Waals surface area contributed by atoms with Crippen molar-refractivity contribution >= 4 is 0 Å². The number of methoxy groups -OCH3 is 1. The van der Waals surface area contributed by atoms with Crippen molar-refractivity contribution in [3.8, 4) is 17.2 Å². The van der Waals surface area contributed by atoms with E-state index in [-0.39, 0.29) is 17.6 Å². The first kappa shape index (κ1) is 15.1. The third-order valence-corrected chi connectivity index (χ3v) is 5.86. The monoisotopic (exact) mass is 317 g/mol. The number of rotatable bonds is 3. The van der Waals surface area contributed by atoms with Gasteiger partial charge in [-0.25, -0.2) is 0 Å². The number of ether oxygens (including phenoxy) is 3. The van der Waals surface area contributed by atoms with Crippen LogP contribution in [0.2, 0.25) is 0 Å². The summed E-state index contributed by atoms with van der Waals surface area (Å²) in [5.74, 6) is 2.89. The first-order valence-corrected chi connectivity index (χ1v) is 8.89. The second-order valence-electron chi connectivity index (χ2n) is 7.48. The van der Waals surface area contributed by atoms with E-state index in [1.165, 1.54) is 29.5 Å². The van der Waals surface area contributed by atoms with Gasteiger partial charge in [0.05, 0.1) is 7.11 Å². The van der Waals surface area contributed by atoms with Gasteiger partial charge in [0.2, 0.25) is 0 Å². The Labute approximate surface area is 138 Å². The van der Waals surface area contributed by atoms with Crippen LogP contribution in [0.25, 0.3) is 0 Å². The van der Waals surface area contributed by atoms with Crippen molar-refractivity contribution in [1.82, 2.24) is 0 Å². The maximum Gasteiger partial charge on any atom is 0.168 e. The molecule has 0 saturated heterocycles. The Hall–Kier alpha value is -1.42. The second kappa shape index (κ2) is 5.30. The van der Waals surface area contributed by atoms with E-state index in [4.69, 9.17) is 19.9 Å². The molecule has 2 N–H and O–H groups in total. The molecule has 0 bridgehead atoms. The van der Waals surface area contributed by atoms with E-state index in [0.717, 1.165) is 42.9 Å². The highest BCUT2D eigenvalue weighted by Crippen LogP contribution is 2.57. The maximum atomic E-state index is 6.30. The van der Waals surface area contributed by atoms with Crippen LogP contribution in [-0.2, 0) is 18.3 Å². The molecule has 0 amide bonds. The molecule has 0 aromatic heterocycles. The summed E-state index contributed by atoms with van der Waals surface area (Å²) in [5, 5.41) is 0. The highest BCUT2D eigenvalue weighted by Gasteiger charge is 2.45. The first-order chi connectivity index (χ1) is 11.1. The molecule has 23 heavy (non-hydrogen) atoms. The topological polar surface area (TPSA) is 53.7 Å². The Kier molecular flexibility index (Phi) is 3.49. The van der Waals surface area contributed by atoms with E-state index < -0.39 is 0 Å². The Morgan fingerprint density at radius 2 is 1.65 bits per heavy atom. The SMILES string of the molecule is COc1c2c(c(C3(CN)CCCC3)c3c1OC(C)C3)OC(C)C2. The standard InChI is InChI=1S/C19H27NO3/c1-11-8-13-15(19(10-20)6-4-5-7-19)16-14(9-12(2)22-16)17(21-3)18(13)23-11/h11-12H,4-10,20H2,1-3H3. The molecule has 1 aliphatic carbocycles. The third-order valence-electron chi connectivity index (χ3n) is 5.86. The van der Waals surface area contributed by atoms with Gasteiger partial charge in [-0.1, -0.05) is 12.8 Å². The largest absolute Gasteiger partial charge is 0.492 e. The van der Waals surface area contributed by atoms with E-state index in [2.05, 4.69) is 13.8 Å². The Balaban J connectivity index is 1.99. The lowest BCUT2D eigenvalue weighted by Gasteiger charge is -2.32. The van der Waals surface area contributed by atoms with Gasteiger partial charge in [0, 0.05) is 41.5 Å². The van der Waals surface area contributed by atoms with Crippen LogP contribution in [0, 0.1) is 0 Å². The molecule has 2 unspecified atom stereocenters. The summed E-state index contributed by atoms with van der Waals surface area (Å²) >= 11 is 0. The Bertz CT molecular complexity index is 595. The molecule has 4 nitrogen and oxygen atoms in total. The summed E-state index contributed by atoms with van der Waals surface area (Å²) in [4.78, 5) is 0. The fourth-order valence-electron chi connectivity index (χ4n) is 4.86. The smallest absolute Gasteiger partial charge is 0.168 e. The second-order valence-corrected chi connectivity index (χ2v) is 7.48. The molecule has 3 aliphatic rings. The van der Waals surface area contributed by atoms with Crippen LogP contribution >= 0.6 is 0 Å². The van der Waals surface area contributed by atoms with Gasteiger partial charge in [0.15, 0.2) is 11.5 Å². The van der Waals surface area contributed by atoms with Crippen LogP contribution in [-0.4, -0.2) is 25.9 Å². The van der Waals surface area contributed by atoms with Gasteiger partial charge in [0.25, 0.3) is 0 Å². The summed E-state index contributed by atoms with van der Waals surface area (Å²) in [6, 6.07) is 0. The van der Waals surface area contributed by atoms with Crippen LogP contribution in [0.4, 0.5) is 0 Å². The van der Waals surface area contributed by atoms with Crippen LogP contribution in [0.5, 0.6) is 17.2 Å². The molecule has 4 rings (SSSR count). The van der Waals surface area contributed by atoms with Crippen molar-refractivity contribution in [3.63, 3.8) is 0 Å². The molecule has 2 heterocycles. The minimum atomic E-state index is 0.0535. The van der Waals surface area contributed by atoms with Crippen LogP contribution in [0.3, 0.4) is 0 Å². The zero-order valence-electron chi connectivity index (χ0n) is 14.4.